The van der Waals surface area contributed by atoms with Crippen LogP contribution in [0.5, 0.6) is 5.75 Å². The molecule has 0 aliphatic rings. The molecule has 0 spiro atoms. The van der Waals surface area contributed by atoms with Crippen LogP contribution in [0.15, 0.2) is 18.2 Å². The summed E-state index contributed by atoms with van der Waals surface area (Å²) < 4.78 is 55.2. The van der Waals surface area contributed by atoms with Gasteiger partial charge < -0.3 is 4.74 Å². The number of benzene rings is 1. The van der Waals surface area contributed by atoms with Crippen molar-refractivity contribution in [1.29, 1.82) is 0 Å². The number of rotatable bonds is 5. The molecule has 0 atom stereocenters. The van der Waals surface area contributed by atoms with Crippen LogP contribution in [0.3, 0.4) is 0 Å². The van der Waals surface area contributed by atoms with Crippen LogP contribution in [0.4, 0.5) is 17.6 Å². The van der Waals surface area contributed by atoms with Gasteiger partial charge in [0.1, 0.15) is 11.6 Å². The Morgan fingerprint density at radius 3 is 2.63 bits per heavy atom. The van der Waals surface area contributed by atoms with Crippen LogP contribution in [-0.4, -0.2) is 12.5 Å². The molecule has 1 amide bonds. The van der Waals surface area contributed by atoms with Gasteiger partial charge in [0.15, 0.2) is 0 Å². The summed E-state index contributed by atoms with van der Waals surface area (Å²) in [6.07, 6.45) is -4.41. The highest BCUT2D eigenvalue weighted by molar-refractivity contribution is 5.75. The van der Waals surface area contributed by atoms with Crippen molar-refractivity contribution in [2.45, 2.75) is 19.0 Å². The maximum Gasteiger partial charge on any atom is 0.419 e. The van der Waals surface area contributed by atoms with Crippen molar-refractivity contribution in [3.05, 3.63) is 29.6 Å². The van der Waals surface area contributed by atoms with E-state index in [-0.39, 0.29) is 25.2 Å². The Morgan fingerprint density at radius 2 is 2.05 bits per heavy atom. The smallest absolute Gasteiger partial charge is 0.419 e. The Morgan fingerprint density at radius 1 is 1.37 bits per heavy atom. The summed E-state index contributed by atoms with van der Waals surface area (Å²) in [5, 5.41) is 0. The van der Waals surface area contributed by atoms with Crippen LogP contribution >= 0.6 is 0 Å². The zero-order valence-corrected chi connectivity index (χ0v) is 9.76. The van der Waals surface area contributed by atoms with Crippen LogP contribution in [-0.2, 0) is 11.0 Å². The summed E-state index contributed by atoms with van der Waals surface area (Å²) in [5.74, 6) is 2.97. The highest BCUT2D eigenvalue weighted by Crippen LogP contribution is 2.33. The average molecular weight is 280 g/mol. The standard InChI is InChI=1S/C11H12F4N2O2/c12-9-4-3-7(6-8(9)11(13,14)15)19-5-1-2-10(18)17-16/h3-4,6H,1-2,5,16H2,(H,17,18). The number of hydrazine groups is 1. The number of carbonyl (C=O) groups is 1. The largest absolute Gasteiger partial charge is 0.494 e. The van der Waals surface area contributed by atoms with Gasteiger partial charge in [-0.3, -0.25) is 10.2 Å². The third-order valence-corrected chi connectivity index (χ3v) is 2.22. The van der Waals surface area contributed by atoms with E-state index < -0.39 is 23.5 Å². The maximum absolute atomic E-state index is 13.0. The average Bonchev–Trinajstić information content (AvgIpc) is 2.34. The molecule has 0 unspecified atom stereocenters. The van der Waals surface area contributed by atoms with Gasteiger partial charge in [0.2, 0.25) is 5.91 Å². The van der Waals surface area contributed by atoms with Gasteiger partial charge >= 0.3 is 6.18 Å². The lowest BCUT2D eigenvalue weighted by Crippen LogP contribution is -2.29. The van der Waals surface area contributed by atoms with Crippen molar-refractivity contribution < 1.29 is 27.1 Å². The Hall–Kier alpha value is -1.83. The molecule has 0 radical (unpaired) electrons. The van der Waals surface area contributed by atoms with Gasteiger partial charge in [-0.25, -0.2) is 10.2 Å². The zero-order chi connectivity index (χ0) is 14.5. The summed E-state index contributed by atoms with van der Waals surface area (Å²) >= 11 is 0. The summed E-state index contributed by atoms with van der Waals surface area (Å²) in [7, 11) is 0. The monoisotopic (exact) mass is 280 g/mol. The van der Waals surface area contributed by atoms with Gasteiger partial charge in [0.25, 0.3) is 0 Å². The van der Waals surface area contributed by atoms with E-state index in [1.165, 1.54) is 0 Å². The summed E-state index contributed by atoms with van der Waals surface area (Å²) in [6, 6.07) is 2.36. The van der Waals surface area contributed by atoms with E-state index >= 15 is 0 Å². The first-order valence-corrected chi connectivity index (χ1v) is 5.33. The Bertz CT molecular complexity index is 449. The highest BCUT2D eigenvalue weighted by Gasteiger charge is 2.34. The summed E-state index contributed by atoms with van der Waals surface area (Å²) in [4.78, 5) is 10.8. The van der Waals surface area contributed by atoms with E-state index in [0.29, 0.717) is 12.1 Å². The second kappa shape index (κ2) is 6.37. The van der Waals surface area contributed by atoms with E-state index in [4.69, 9.17) is 10.6 Å². The molecule has 0 bridgehead atoms. The number of alkyl halides is 3. The second-order valence-corrected chi connectivity index (χ2v) is 3.66. The molecule has 1 aromatic rings. The van der Waals surface area contributed by atoms with E-state index in [2.05, 4.69) is 0 Å². The first-order valence-electron chi connectivity index (χ1n) is 5.33. The molecule has 1 aromatic carbocycles. The number of carbonyl (C=O) groups excluding carboxylic acids is 1. The third-order valence-electron chi connectivity index (χ3n) is 2.22. The van der Waals surface area contributed by atoms with Gasteiger partial charge in [-0.2, -0.15) is 13.2 Å². The van der Waals surface area contributed by atoms with E-state index in [1.54, 1.807) is 0 Å². The van der Waals surface area contributed by atoms with E-state index in [1.807, 2.05) is 5.43 Å². The van der Waals surface area contributed by atoms with Gasteiger partial charge in [0.05, 0.1) is 12.2 Å². The minimum Gasteiger partial charge on any atom is -0.494 e. The molecule has 1 rings (SSSR count). The number of hydrogen-bond acceptors (Lipinski definition) is 3. The maximum atomic E-state index is 13.0. The topological polar surface area (TPSA) is 64.3 Å². The number of nitrogens with one attached hydrogen (secondary N) is 1. The Labute approximate surface area is 106 Å². The minimum atomic E-state index is -4.77. The van der Waals surface area contributed by atoms with Crippen LogP contribution in [0, 0.1) is 5.82 Å². The molecule has 0 fully saturated rings. The number of hydrogen-bond donors (Lipinski definition) is 2. The summed E-state index contributed by atoms with van der Waals surface area (Å²) in [5.41, 5.74) is 0.523. The fourth-order valence-corrected chi connectivity index (χ4v) is 1.31. The number of halogens is 4. The normalized spacial score (nSPS) is 11.2. The predicted molar refractivity (Wildman–Crippen MR) is 58.5 cm³/mol. The minimum absolute atomic E-state index is 0.0242. The second-order valence-electron chi connectivity index (χ2n) is 3.66. The SMILES string of the molecule is NNC(=O)CCCOc1ccc(F)c(C(F)(F)F)c1. The molecule has 0 saturated carbocycles. The van der Waals surface area contributed by atoms with Gasteiger partial charge in [-0.1, -0.05) is 0 Å². The highest BCUT2D eigenvalue weighted by atomic mass is 19.4. The number of nitrogens with two attached hydrogens (primary N) is 1. The lowest BCUT2D eigenvalue weighted by Gasteiger charge is -2.11. The van der Waals surface area contributed by atoms with Crippen molar-refractivity contribution >= 4 is 5.91 Å². The fraction of sp³-hybridized carbons (Fsp3) is 0.364. The predicted octanol–water partition coefficient (Wildman–Crippen LogP) is 1.99. The molecule has 106 valence electrons. The van der Waals surface area contributed by atoms with Gasteiger partial charge in [-0.05, 0) is 24.6 Å². The van der Waals surface area contributed by atoms with Crippen LogP contribution in [0.2, 0.25) is 0 Å². The van der Waals surface area contributed by atoms with Crippen LogP contribution in [0.1, 0.15) is 18.4 Å². The van der Waals surface area contributed by atoms with Crippen molar-refractivity contribution in [3.63, 3.8) is 0 Å². The summed E-state index contributed by atoms with van der Waals surface area (Å²) in [6.45, 7) is 0.0242. The quantitative estimate of drug-likeness (QED) is 0.285. The Balaban J connectivity index is 2.58. The van der Waals surface area contributed by atoms with Gasteiger partial charge in [-0.15, -0.1) is 0 Å². The first kappa shape index (κ1) is 15.2. The zero-order valence-electron chi connectivity index (χ0n) is 9.76. The van der Waals surface area contributed by atoms with Crippen molar-refractivity contribution in [1.82, 2.24) is 5.43 Å². The fourth-order valence-electron chi connectivity index (χ4n) is 1.31. The first-order chi connectivity index (χ1) is 8.84. The van der Waals surface area contributed by atoms with Gasteiger partial charge in [0, 0.05) is 6.42 Å². The molecule has 3 N–H and O–H groups in total. The third kappa shape index (κ3) is 4.74. The van der Waals surface area contributed by atoms with Crippen molar-refractivity contribution in [3.8, 4) is 5.75 Å². The number of ether oxygens (including phenoxy) is 1. The molecule has 4 nitrogen and oxygen atoms in total. The van der Waals surface area contributed by atoms with Crippen LogP contribution < -0.4 is 16.0 Å². The van der Waals surface area contributed by atoms with E-state index in [9.17, 15) is 22.4 Å². The molecular formula is C11H12F4N2O2. The molecule has 0 aromatic heterocycles. The molecular weight excluding hydrogens is 268 g/mol. The lowest BCUT2D eigenvalue weighted by atomic mass is 10.2. The Kier molecular flexibility index (Phi) is 5.11. The molecule has 0 aliphatic heterocycles. The van der Waals surface area contributed by atoms with E-state index in [0.717, 1.165) is 6.07 Å². The molecule has 0 saturated heterocycles. The lowest BCUT2D eigenvalue weighted by molar-refractivity contribution is -0.140. The molecule has 19 heavy (non-hydrogen) atoms. The van der Waals surface area contributed by atoms with Crippen LogP contribution in [0.25, 0.3) is 0 Å². The molecule has 0 heterocycles. The van der Waals surface area contributed by atoms with Crippen molar-refractivity contribution in [2.24, 2.45) is 5.84 Å². The van der Waals surface area contributed by atoms with Crippen molar-refractivity contribution in [2.75, 3.05) is 6.61 Å². The number of amides is 1. The molecule has 0 aliphatic carbocycles. The molecule has 8 heteroatoms.